The Kier molecular flexibility index (Phi) is 3.64. The molecule has 2 N–H and O–H groups in total. The van der Waals surface area contributed by atoms with Gasteiger partial charge in [0.15, 0.2) is 0 Å². The van der Waals surface area contributed by atoms with Gasteiger partial charge in [0.1, 0.15) is 0 Å². The molecule has 0 saturated carbocycles. The van der Waals surface area contributed by atoms with Gasteiger partial charge in [0.2, 0.25) is 5.91 Å². The minimum Gasteiger partial charge on any atom is -0.362 e. The third-order valence-electron chi connectivity index (χ3n) is 2.65. The minimum absolute atomic E-state index is 0.0747. The average molecular weight is 248 g/mol. The van der Waals surface area contributed by atoms with Crippen LogP contribution in [0.4, 0.5) is 0 Å². The number of hydrogen-bond donors (Lipinski definition) is 2. The van der Waals surface area contributed by atoms with E-state index in [0.29, 0.717) is 13.0 Å². The van der Waals surface area contributed by atoms with Crippen LogP contribution < -0.4 is 5.32 Å². The summed E-state index contributed by atoms with van der Waals surface area (Å²) in [5.41, 5.74) is 3.41. The summed E-state index contributed by atoms with van der Waals surface area (Å²) in [4.78, 5) is 16.0. The van der Waals surface area contributed by atoms with E-state index in [1.54, 1.807) is 11.3 Å². The number of aromatic amines is 1. The van der Waals surface area contributed by atoms with Crippen molar-refractivity contribution in [2.45, 2.75) is 26.8 Å². The van der Waals surface area contributed by atoms with E-state index >= 15 is 0 Å². The lowest BCUT2D eigenvalue weighted by Gasteiger charge is -2.03. The van der Waals surface area contributed by atoms with Crippen molar-refractivity contribution < 1.29 is 4.79 Å². The largest absolute Gasteiger partial charge is 0.362 e. The van der Waals surface area contributed by atoms with E-state index in [1.165, 1.54) is 0 Å². The van der Waals surface area contributed by atoms with E-state index in [-0.39, 0.29) is 5.91 Å². The van der Waals surface area contributed by atoms with Crippen LogP contribution in [-0.2, 0) is 17.8 Å². The summed E-state index contributed by atoms with van der Waals surface area (Å²) in [6, 6.07) is 6.02. The molecule has 0 aliphatic carbocycles. The van der Waals surface area contributed by atoms with Crippen LogP contribution >= 0.6 is 11.3 Å². The predicted molar refractivity (Wildman–Crippen MR) is 70.1 cm³/mol. The Morgan fingerprint density at radius 2 is 2.29 bits per heavy atom. The first-order valence-corrected chi connectivity index (χ1v) is 6.47. The van der Waals surface area contributed by atoms with Gasteiger partial charge >= 0.3 is 0 Å². The number of hydrogen-bond acceptors (Lipinski definition) is 2. The van der Waals surface area contributed by atoms with Gasteiger partial charge in [-0.05, 0) is 36.9 Å². The summed E-state index contributed by atoms with van der Waals surface area (Å²) in [5.74, 6) is 0.0747. The molecular formula is C13H16N2OS. The molecule has 3 nitrogen and oxygen atoms in total. The Labute approximate surface area is 105 Å². The van der Waals surface area contributed by atoms with Gasteiger partial charge in [0.25, 0.3) is 0 Å². The number of carbonyl (C=O) groups is 1. The monoisotopic (exact) mass is 248 g/mol. The van der Waals surface area contributed by atoms with Gasteiger partial charge in [-0.25, -0.2) is 0 Å². The molecule has 2 rings (SSSR count). The number of thiophene rings is 1. The van der Waals surface area contributed by atoms with E-state index < -0.39 is 0 Å². The lowest BCUT2D eigenvalue weighted by molar-refractivity contribution is -0.120. The highest BCUT2D eigenvalue weighted by atomic mass is 32.1. The van der Waals surface area contributed by atoms with Crippen molar-refractivity contribution >= 4 is 17.2 Å². The molecule has 0 saturated heterocycles. The highest BCUT2D eigenvalue weighted by Gasteiger charge is 2.06. The van der Waals surface area contributed by atoms with Crippen LogP contribution in [0.15, 0.2) is 23.6 Å². The van der Waals surface area contributed by atoms with Crippen LogP contribution in [0.25, 0.3) is 0 Å². The number of rotatable bonds is 4. The Morgan fingerprint density at radius 3 is 2.88 bits per heavy atom. The number of amides is 1. The zero-order chi connectivity index (χ0) is 12.3. The van der Waals surface area contributed by atoms with Gasteiger partial charge in [0.05, 0.1) is 6.42 Å². The summed E-state index contributed by atoms with van der Waals surface area (Å²) < 4.78 is 0. The summed E-state index contributed by atoms with van der Waals surface area (Å²) >= 11 is 1.61. The number of nitrogens with one attached hydrogen (secondary N) is 2. The van der Waals surface area contributed by atoms with Crippen LogP contribution in [0.2, 0.25) is 0 Å². The van der Waals surface area contributed by atoms with Crippen molar-refractivity contribution in [1.29, 1.82) is 0 Å². The smallest absolute Gasteiger partial charge is 0.225 e. The van der Waals surface area contributed by atoms with Gasteiger partial charge in [-0.2, -0.15) is 0 Å². The van der Waals surface area contributed by atoms with Gasteiger partial charge in [-0.3, -0.25) is 4.79 Å². The minimum atomic E-state index is 0.0747. The molecule has 2 heterocycles. The quantitative estimate of drug-likeness (QED) is 0.858. The fourth-order valence-corrected chi connectivity index (χ4v) is 2.50. The van der Waals surface area contributed by atoms with E-state index in [0.717, 1.165) is 21.8 Å². The third kappa shape index (κ3) is 3.20. The first-order chi connectivity index (χ1) is 8.15. The zero-order valence-corrected chi connectivity index (χ0v) is 10.9. The second-order valence-corrected chi connectivity index (χ2v) is 5.17. The van der Waals surface area contributed by atoms with Crippen molar-refractivity contribution in [2.24, 2.45) is 0 Å². The lowest BCUT2D eigenvalue weighted by Crippen LogP contribution is -2.24. The molecule has 0 aliphatic heterocycles. The molecular weight excluding hydrogens is 232 g/mol. The third-order valence-corrected chi connectivity index (χ3v) is 3.52. The summed E-state index contributed by atoms with van der Waals surface area (Å²) in [6.07, 6.45) is 0.472. The first-order valence-electron chi connectivity index (χ1n) is 5.59. The van der Waals surface area contributed by atoms with Crippen LogP contribution in [0.3, 0.4) is 0 Å². The maximum absolute atomic E-state index is 11.7. The van der Waals surface area contributed by atoms with E-state index in [4.69, 9.17) is 0 Å². The molecule has 1 amide bonds. The average Bonchev–Trinajstić information content (AvgIpc) is 2.86. The van der Waals surface area contributed by atoms with Crippen molar-refractivity contribution in [3.8, 4) is 0 Å². The van der Waals surface area contributed by atoms with Gasteiger partial charge in [-0.15, -0.1) is 11.3 Å². The normalized spacial score (nSPS) is 10.5. The fourth-order valence-electron chi connectivity index (χ4n) is 1.79. The molecule has 0 spiro atoms. The van der Waals surface area contributed by atoms with Crippen molar-refractivity contribution in [3.05, 3.63) is 45.4 Å². The molecule has 2 aromatic heterocycles. The highest BCUT2D eigenvalue weighted by Crippen LogP contribution is 2.10. The number of H-pyrrole nitrogens is 1. The molecule has 17 heavy (non-hydrogen) atoms. The maximum Gasteiger partial charge on any atom is 0.225 e. The van der Waals surface area contributed by atoms with Crippen molar-refractivity contribution in [1.82, 2.24) is 10.3 Å². The number of aromatic nitrogens is 1. The SMILES string of the molecule is Cc1cc(CNC(=O)Cc2cccs2)c(C)[nH]1. The molecule has 0 aromatic carbocycles. The predicted octanol–water partition coefficient (Wildman–Crippen LogP) is 2.55. The second kappa shape index (κ2) is 5.19. The second-order valence-electron chi connectivity index (χ2n) is 4.14. The topological polar surface area (TPSA) is 44.9 Å². The number of aryl methyl sites for hydroxylation is 2. The van der Waals surface area contributed by atoms with Crippen LogP contribution in [0, 0.1) is 13.8 Å². The summed E-state index contributed by atoms with van der Waals surface area (Å²) in [7, 11) is 0. The Hall–Kier alpha value is -1.55. The number of carbonyl (C=O) groups excluding carboxylic acids is 1. The lowest BCUT2D eigenvalue weighted by atomic mass is 10.2. The van der Waals surface area contributed by atoms with Gasteiger partial charge in [-0.1, -0.05) is 6.07 Å². The molecule has 0 atom stereocenters. The Balaban J connectivity index is 1.86. The molecule has 0 aliphatic rings. The van der Waals surface area contributed by atoms with E-state index in [9.17, 15) is 4.79 Å². The van der Waals surface area contributed by atoms with E-state index in [2.05, 4.69) is 16.4 Å². The molecule has 0 bridgehead atoms. The van der Waals surface area contributed by atoms with Crippen LogP contribution in [0.5, 0.6) is 0 Å². The van der Waals surface area contributed by atoms with Crippen molar-refractivity contribution in [3.63, 3.8) is 0 Å². The first kappa shape index (κ1) is 11.9. The molecule has 0 unspecified atom stereocenters. The molecule has 4 heteroatoms. The molecule has 90 valence electrons. The van der Waals surface area contributed by atoms with Crippen molar-refractivity contribution in [2.75, 3.05) is 0 Å². The Morgan fingerprint density at radius 1 is 1.47 bits per heavy atom. The Bertz CT molecular complexity index is 499. The van der Waals surface area contributed by atoms with Crippen LogP contribution in [-0.4, -0.2) is 10.9 Å². The standard InChI is InChI=1S/C13H16N2OS/c1-9-6-11(10(2)15-9)8-14-13(16)7-12-4-3-5-17-12/h3-6,15H,7-8H2,1-2H3,(H,14,16). The maximum atomic E-state index is 11.7. The molecule has 0 fully saturated rings. The summed E-state index contributed by atoms with van der Waals surface area (Å²) in [6.45, 7) is 4.64. The molecule has 0 radical (unpaired) electrons. The van der Waals surface area contributed by atoms with E-state index in [1.807, 2.05) is 31.4 Å². The highest BCUT2D eigenvalue weighted by molar-refractivity contribution is 7.10. The van der Waals surface area contributed by atoms with Gasteiger partial charge < -0.3 is 10.3 Å². The fraction of sp³-hybridized carbons (Fsp3) is 0.308. The zero-order valence-electron chi connectivity index (χ0n) is 10.0. The molecule has 2 aromatic rings. The summed E-state index contributed by atoms with van der Waals surface area (Å²) in [5, 5.41) is 4.93. The van der Waals surface area contributed by atoms with Gasteiger partial charge in [0, 0.05) is 22.8 Å². The van der Waals surface area contributed by atoms with Crippen LogP contribution in [0.1, 0.15) is 21.8 Å².